The van der Waals surface area contributed by atoms with Gasteiger partial charge in [0.2, 0.25) is 0 Å². The fraction of sp³-hybridized carbons (Fsp3) is 0.944. The van der Waals surface area contributed by atoms with Gasteiger partial charge in [0.1, 0.15) is 0 Å². The molecule has 23 heavy (non-hydrogen) atoms. The number of aliphatic hydroxyl groups is 2. The SMILES string of the molecule is CCCCCCCCC(O)C(O)CCCCCCCC(=O)[O-].[Mg+2]. The summed E-state index contributed by atoms with van der Waals surface area (Å²) in [5, 5.41) is 30.0. The van der Waals surface area contributed by atoms with Crippen LogP contribution < -0.4 is 5.11 Å². The summed E-state index contributed by atoms with van der Waals surface area (Å²) in [6, 6.07) is 0. The van der Waals surface area contributed by atoms with Crippen LogP contribution in [0.2, 0.25) is 0 Å². The summed E-state index contributed by atoms with van der Waals surface area (Å²) in [7, 11) is 0. The van der Waals surface area contributed by atoms with E-state index in [4.69, 9.17) is 0 Å². The Balaban J connectivity index is 0. The first kappa shape index (κ1) is 25.4. The molecule has 0 radical (unpaired) electrons. The van der Waals surface area contributed by atoms with E-state index in [2.05, 4.69) is 6.92 Å². The summed E-state index contributed by atoms with van der Waals surface area (Å²) >= 11 is 0. The van der Waals surface area contributed by atoms with Gasteiger partial charge in [0.15, 0.2) is 0 Å². The molecule has 0 heterocycles. The number of rotatable bonds is 16. The van der Waals surface area contributed by atoms with E-state index in [1.54, 1.807) is 0 Å². The van der Waals surface area contributed by atoms with Crippen molar-refractivity contribution in [2.45, 2.75) is 109 Å². The molecule has 0 bridgehead atoms. The van der Waals surface area contributed by atoms with Crippen molar-refractivity contribution in [3.8, 4) is 0 Å². The smallest absolute Gasteiger partial charge is 0.550 e. The van der Waals surface area contributed by atoms with Crippen LogP contribution in [-0.4, -0.2) is 51.4 Å². The number of unbranched alkanes of at least 4 members (excludes halogenated alkanes) is 9. The third kappa shape index (κ3) is 18.3. The summed E-state index contributed by atoms with van der Waals surface area (Å²) in [5.74, 6) is -0.978. The van der Waals surface area contributed by atoms with Gasteiger partial charge in [0, 0.05) is 5.97 Å². The van der Waals surface area contributed by atoms with E-state index in [1.807, 2.05) is 0 Å². The minimum absolute atomic E-state index is 0. The Bertz CT molecular complexity index is 261. The first-order chi connectivity index (χ1) is 10.6. The maximum atomic E-state index is 10.2. The molecule has 0 saturated carbocycles. The Hall–Kier alpha value is 0.156. The predicted molar refractivity (Wildman–Crippen MR) is 93.1 cm³/mol. The first-order valence-corrected chi connectivity index (χ1v) is 9.14. The molecule has 0 aromatic heterocycles. The Kier molecular flexibility index (Phi) is 20.4. The van der Waals surface area contributed by atoms with Crippen LogP contribution in [-0.2, 0) is 4.79 Å². The molecule has 0 spiro atoms. The molecule has 0 aliphatic heterocycles. The molecule has 5 heteroatoms. The van der Waals surface area contributed by atoms with Crippen molar-refractivity contribution < 1.29 is 20.1 Å². The summed E-state index contributed by atoms with van der Waals surface area (Å²) in [4.78, 5) is 10.2. The molecule has 2 N–H and O–H groups in total. The molecule has 0 aromatic rings. The predicted octanol–water partition coefficient (Wildman–Crippen LogP) is 2.56. The Morgan fingerprint density at radius 1 is 0.783 bits per heavy atom. The zero-order valence-corrected chi connectivity index (χ0v) is 16.4. The van der Waals surface area contributed by atoms with Crippen LogP contribution in [0.4, 0.5) is 0 Å². The van der Waals surface area contributed by atoms with Crippen LogP contribution >= 0.6 is 0 Å². The van der Waals surface area contributed by atoms with Gasteiger partial charge in [-0.25, -0.2) is 0 Å². The van der Waals surface area contributed by atoms with Crippen molar-refractivity contribution >= 4 is 29.0 Å². The molecule has 2 unspecified atom stereocenters. The number of aliphatic carboxylic acids is 1. The van der Waals surface area contributed by atoms with Gasteiger partial charge in [-0.1, -0.05) is 71.1 Å². The van der Waals surface area contributed by atoms with Gasteiger partial charge in [-0.15, -0.1) is 0 Å². The van der Waals surface area contributed by atoms with Crippen LogP contribution in [0, 0.1) is 0 Å². The minimum Gasteiger partial charge on any atom is -0.550 e. The molecule has 0 saturated heterocycles. The number of carbonyl (C=O) groups is 1. The molecular formula is C18H35MgO4+. The average Bonchev–Trinajstić information content (AvgIpc) is 2.49. The number of hydrogen-bond acceptors (Lipinski definition) is 4. The van der Waals surface area contributed by atoms with Gasteiger partial charge in [0.25, 0.3) is 0 Å². The number of carboxylic acids is 1. The summed E-state index contributed by atoms with van der Waals surface area (Å²) in [6.45, 7) is 2.20. The van der Waals surface area contributed by atoms with Crippen LogP contribution in [0.25, 0.3) is 0 Å². The van der Waals surface area contributed by atoms with E-state index >= 15 is 0 Å². The van der Waals surface area contributed by atoms with Crippen molar-refractivity contribution in [2.75, 3.05) is 0 Å². The number of carbonyl (C=O) groups excluding carboxylic acids is 1. The van der Waals surface area contributed by atoms with E-state index in [0.717, 1.165) is 38.5 Å². The third-order valence-electron chi connectivity index (χ3n) is 4.18. The molecule has 132 valence electrons. The topological polar surface area (TPSA) is 80.6 Å². The third-order valence-corrected chi connectivity index (χ3v) is 4.18. The molecule has 0 aliphatic rings. The molecule has 0 rings (SSSR count). The number of carboxylic acid groups (broad SMARTS) is 1. The van der Waals surface area contributed by atoms with Gasteiger partial charge in [-0.05, 0) is 25.7 Å². The fourth-order valence-electron chi connectivity index (χ4n) is 2.67. The van der Waals surface area contributed by atoms with Gasteiger partial charge < -0.3 is 20.1 Å². The normalized spacial score (nSPS) is 13.3. The summed E-state index contributed by atoms with van der Waals surface area (Å²) in [5.41, 5.74) is 0. The molecule has 0 aromatic carbocycles. The quantitative estimate of drug-likeness (QED) is 0.334. The first-order valence-electron chi connectivity index (χ1n) is 9.14. The zero-order chi connectivity index (χ0) is 16.6. The van der Waals surface area contributed by atoms with Crippen LogP contribution in [0.5, 0.6) is 0 Å². The summed E-state index contributed by atoms with van der Waals surface area (Å²) in [6.07, 6.45) is 11.8. The monoisotopic (exact) mass is 339 g/mol. The second kappa shape index (κ2) is 18.5. The zero-order valence-electron chi connectivity index (χ0n) is 15.0. The standard InChI is InChI=1S/C18H36O4.Mg/c1-2-3-4-5-7-10-13-16(19)17(20)14-11-8-6-9-12-15-18(21)22;/h16-17,19-20H,2-15H2,1H3,(H,21,22);/q;+2/p-1. The Labute approximate surface area is 158 Å². The van der Waals surface area contributed by atoms with Gasteiger partial charge >= 0.3 is 23.1 Å². The average molecular weight is 340 g/mol. The Morgan fingerprint density at radius 3 is 1.61 bits per heavy atom. The van der Waals surface area contributed by atoms with Crippen LogP contribution in [0.15, 0.2) is 0 Å². The molecule has 0 amide bonds. The van der Waals surface area contributed by atoms with Gasteiger partial charge in [-0.3, -0.25) is 0 Å². The maximum Gasteiger partial charge on any atom is 2.00 e. The molecule has 2 atom stereocenters. The fourth-order valence-corrected chi connectivity index (χ4v) is 2.67. The molecule has 4 nitrogen and oxygen atoms in total. The van der Waals surface area contributed by atoms with Crippen LogP contribution in [0.3, 0.4) is 0 Å². The molecule has 0 aliphatic carbocycles. The second-order valence-corrected chi connectivity index (χ2v) is 6.37. The van der Waals surface area contributed by atoms with Gasteiger partial charge in [-0.2, -0.15) is 0 Å². The van der Waals surface area contributed by atoms with Gasteiger partial charge in [0.05, 0.1) is 12.2 Å². The van der Waals surface area contributed by atoms with Crippen molar-refractivity contribution in [1.29, 1.82) is 0 Å². The number of aliphatic hydroxyl groups excluding tert-OH is 2. The van der Waals surface area contributed by atoms with E-state index in [9.17, 15) is 20.1 Å². The Morgan fingerprint density at radius 2 is 1.17 bits per heavy atom. The minimum atomic E-state index is -0.978. The van der Waals surface area contributed by atoms with E-state index < -0.39 is 18.2 Å². The van der Waals surface area contributed by atoms with Crippen molar-refractivity contribution in [3.05, 3.63) is 0 Å². The summed E-state index contributed by atoms with van der Waals surface area (Å²) < 4.78 is 0. The van der Waals surface area contributed by atoms with Crippen LogP contribution in [0.1, 0.15) is 96.8 Å². The van der Waals surface area contributed by atoms with Crippen molar-refractivity contribution in [1.82, 2.24) is 0 Å². The molecular weight excluding hydrogens is 304 g/mol. The van der Waals surface area contributed by atoms with E-state index in [-0.39, 0.29) is 29.5 Å². The van der Waals surface area contributed by atoms with E-state index in [1.165, 1.54) is 25.7 Å². The molecule has 0 fully saturated rings. The van der Waals surface area contributed by atoms with Crippen molar-refractivity contribution in [2.24, 2.45) is 0 Å². The van der Waals surface area contributed by atoms with E-state index in [0.29, 0.717) is 19.3 Å². The second-order valence-electron chi connectivity index (χ2n) is 6.37. The number of hydrogen-bond donors (Lipinski definition) is 2. The maximum absolute atomic E-state index is 10.2. The van der Waals surface area contributed by atoms with Crippen molar-refractivity contribution in [3.63, 3.8) is 0 Å². The largest absolute Gasteiger partial charge is 2.00 e.